The van der Waals surface area contributed by atoms with Crippen molar-refractivity contribution in [2.75, 3.05) is 5.75 Å². The summed E-state index contributed by atoms with van der Waals surface area (Å²) < 4.78 is 1.63. The highest BCUT2D eigenvalue weighted by Gasteiger charge is 2.13. The van der Waals surface area contributed by atoms with Crippen LogP contribution in [0.25, 0.3) is 16.5 Å². The van der Waals surface area contributed by atoms with Gasteiger partial charge in [-0.05, 0) is 39.6 Å². The minimum absolute atomic E-state index is 0.123. The van der Waals surface area contributed by atoms with E-state index >= 15 is 0 Å². The predicted octanol–water partition coefficient (Wildman–Crippen LogP) is 3.71. The lowest BCUT2D eigenvalue weighted by Gasteiger charge is -2.07. The van der Waals surface area contributed by atoms with Crippen molar-refractivity contribution in [3.63, 3.8) is 0 Å². The van der Waals surface area contributed by atoms with E-state index < -0.39 is 0 Å². The Labute approximate surface area is 175 Å². The molecule has 0 spiro atoms. The summed E-state index contributed by atoms with van der Waals surface area (Å²) in [6, 6.07) is 21.1. The Bertz CT molecular complexity index is 1190. The predicted molar refractivity (Wildman–Crippen MR) is 115 cm³/mol. The molecule has 0 atom stereocenters. The summed E-state index contributed by atoms with van der Waals surface area (Å²) in [5, 5.41) is 19.1. The van der Waals surface area contributed by atoms with E-state index in [0.29, 0.717) is 10.2 Å². The van der Waals surface area contributed by atoms with E-state index in [9.17, 15) is 4.79 Å². The fraction of sp³-hybridized carbons (Fsp3) is 0.0500. The summed E-state index contributed by atoms with van der Waals surface area (Å²) in [4.78, 5) is 12.1. The molecular formula is C20H15ClN6OS. The molecule has 1 N–H and O–H groups in total. The van der Waals surface area contributed by atoms with Gasteiger partial charge in [0.05, 0.1) is 17.7 Å². The lowest BCUT2D eigenvalue weighted by molar-refractivity contribution is -0.118. The number of rotatable bonds is 6. The van der Waals surface area contributed by atoms with E-state index in [-0.39, 0.29) is 11.7 Å². The van der Waals surface area contributed by atoms with E-state index in [1.807, 2.05) is 54.6 Å². The fourth-order valence-corrected chi connectivity index (χ4v) is 3.62. The van der Waals surface area contributed by atoms with E-state index in [4.69, 9.17) is 11.6 Å². The largest absolute Gasteiger partial charge is 0.272 e. The van der Waals surface area contributed by atoms with Crippen LogP contribution in [-0.4, -0.2) is 38.1 Å². The molecule has 1 amide bonds. The Hall–Kier alpha value is -3.23. The molecule has 0 fully saturated rings. The third-order valence-corrected chi connectivity index (χ3v) is 5.17. The number of thioether (sulfide) groups is 1. The Morgan fingerprint density at radius 2 is 1.97 bits per heavy atom. The number of amides is 1. The second kappa shape index (κ2) is 8.85. The second-order valence-corrected chi connectivity index (χ2v) is 7.39. The molecule has 1 aromatic heterocycles. The first-order chi connectivity index (χ1) is 14.2. The number of hydrazone groups is 1. The normalized spacial score (nSPS) is 11.2. The summed E-state index contributed by atoms with van der Waals surface area (Å²) in [6.07, 6.45) is 1.54. The van der Waals surface area contributed by atoms with Gasteiger partial charge in [-0.15, -0.1) is 5.10 Å². The third-order valence-electron chi connectivity index (χ3n) is 4.02. The molecule has 144 valence electrons. The Morgan fingerprint density at radius 1 is 1.14 bits per heavy atom. The highest BCUT2D eigenvalue weighted by atomic mass is 35.5. The Balaban J connectivity index is 1.42. The van der Waals surface area contributed by atoms with Gasteiger partial charge in [-0.3, -0.25) is 4.79 Å². The summed E-state index contributed by atoms with van der Waals surface area (Å²) in [6.45, 7) is 0. The quantitative estimate of drug-likeness (QED) is 0.291. The van der Waals surface area contributed by atoms with Gasteiger partial charge >= 0.3 is 0 Å². The lowest BCUT2D eigenvalue weighted by atomic mass is 10.1. The van der Waals surface area contributed by atoms with Gasteiger partial charge in [0.15, 0.2) is 0 Å². The number of halogens is 1. The molecule has 4 aromatic rings. The highest BCUT2D eigenvalue weighted by molar-refractivity contribution is 7.99. The second-order valence-electron chi connectivity index (χ2n) is 6.01. The fourth-order valence-electron chi connectivity index (χ4n) is 2.74. The average Bonchev–Trinajstić information content (AvgIpc) is 3.20. The summed E-state index contributed by atoms with van der Waals surface area (Å²) >= 11 is 7.16. The Morgan fingerprint density at radius 3 is 2.86 bits per heavy atom. The van der Waals surface area contributed by atoms with Crippen molar-refractivity contribution in [2.24, 2.45) is 5.10 Å². The summed E-state index contributed by atoms with van der Waals surface area (Å²) in [5.41, 5.74) is 4.14. The molecule has 29 heavy (non-hydrogen) atoms. The van der Waals surface area contributed by atoms with E-state index in [2.05, 4.69) is 26.1 Å². The van der Waals surface area contributed by atoms with Crippen LogP contribution in [0.15, 0.2) is 77.0 Å². The first-order valence-corrected chi connectivity index (χ1v) is 10.0. The number of carbonyl (C=O) groups excluding carboxylic acids is 1. The van der Waals surface area contributed by atoms with Gasteiger partial charge in [0.1, 0.15) is 0 Å². The van der Waals surface area contributed by atoms with E-state index in [1.165, 1.54) is 18.0 Å². The molecule has 0 saturated heterocycles. The topological polar surface area (TPSA) is 85.1 Å². The third kappa shape index (κ3) is 4.61. The molecule has 0 bridgehead atoms. The number of hydrogen-bond donors (Lipinski definition) is 1. The zero-order chi connectivity index (χ0) is 20.1. The van der Waals surface area contributed by atoms with Gasteiger partial charge in [0, 0.05) is 10.4 Å². The molecule has 7 nitrogen and oxygen atoms in total. The number of nitrogens with zero attached hydrogens (tertiary/aromatic N) is 5. The number of tetrazole rings is 1. The first kappa shape index (κ1) is 19.1. The van der Waals surface area contributed by atoms with Crippen LogP contribution in [0.4, 0.5) is 0 Å². The summed E-state index contributed by atoms with van der Waals surface area (Å²) in [7, 11) is 0. The van der Waals surface area contributed by atoms with Crippen molar-refractivity contribution >= 4 is 46.3 Å². The van der Waals surface area contributed by atoms with E-state index in [0.717, 1.165) is 22.0 Å². The van der Waals surface area contributed by atoms with Crippen LogP contribution in [0.2, 0.25) is 5.02 Å². The van der Waals surface area contributed by atoms with Crippen LogP contribution in [0.5, 0.6) is 0 Å². The highest BCUT2D eigenvalue weighted by Crippen LogP contribution is 2.25. The van der Waals surface area contributed by atoms with Gasteiger partial charge in [0.2, 0.25) is 5.16 Å². The van der Waals surface area contributed by atoms with Gasteiger partial charge < -0.3 is 0 Å². The maximum absolute atomic E-state index is 12.1. The molecule has 0 radical (unpaired) electrons. The number of hydrogen-bond acceptors (Lipinski definition) is 6. The lowest BCUT2D eigenvalue weighted by Crippen LogP contribution is -2.20. The van der Waals surface area contributed by atoms with E-state index in [1.54, 1.807) is 16.8 Å². The number of nitrogens with one attached hydrogen (secondary N) is 1. The number of benzene rings is 3. The van der Waals surface area contributed by atoms with Gasteiger partial charge in [-0.25, -0.2) is 5.43 Å². The molecular weight excluding hydrogens is 408 g/mol. The van der Waals surface area contributed by atoms with Crippen LogP contribution >= 0.6 is 23.4 Å². The zero-order valence-electron chi connectivity index (χ0n) is 15.1. The molecule has 0 saturated carbocycles. The van der Waals surface area contributed by atoms with Crippen molar-refractivity contribution in [3.05, 3.63) is 77.3 Å². The number of carbonyl (C=O) groups is 1. The smallest absolute Gasteiger partial charge is 0.250 e. The maximum Gasteiger partial charge on any atom is 0.250 e. The monoisotopic (exact) mass is 422 g/mol. The minimum Gasteiger partial charge on any atom is -0.272 e. The molecule has 0 aliphatic heterocycles. The molecule has 1 heterocycles. The molecule has 9 heteroatoms. The zero-order valence-corrected chi connectivity index (χ0v) is 16.6. The van der Waals surface area contributed by atoms with Crippen LogP contribution in [0.1, 0.15) is 5.56 Å². The van der Waals surface area contributed by atoms with Crippen LogP contribution < -0.4 is 5.43 Å². The number of fused-ring (bicyclic) bond motifs is 1. The van der Waals surface area contributed by atoms with Crippen LogP contribution in [0, 0.1) is 0 Å². The van der Waals surface area contributed by atoms with Crippen LogP contribution in [-0.2, 0) is 4.79 Å². The SMILES string of the molecule is O=C(CSc1nnnn1-c1cccc2ccccc12)NN=Cc1cccc(Cl)c1. The standard InChI is InChI=1S/C20H15ClN6OS/c21-16-8-3-5-14(11-16)12-22-23-19(28)13-29-20-24-25-26-27(20)18-10-4-7-15-6-1-2-9-17(15)18/h1-12H,13H2,(H,23,28). The summed E-state index contributed by atoms with van der Waals surface area (Å²) in [5.74, 6) is -0.140. The number of aromatic nitrogens is 4. The van der Waals surface area contributed by atoms with Gasteiger partial charge in [-0.2, -0.15) is 9.78 Å². The van der Waals surface area contributed by atoms with Crippen molar-refractivity contribution in [2.45, 2.75) is 5.16 Å². The first-order valence-electron chi connectivity index (χ1n) is 8.67. The van der Waals surface area contributed by atoms with Crippen LogP contribution in [0.3, 0.4) is 0 Å². The molecule has 3 aromatic carbocycles. The van der Waals surface area contributed by atoms with Gasteiger partial charge in [-0.1, -0.05) is 71.9 Å². The van der Waals surface area contributed by atoms with Crippen molar-refractivity contribution < 1.29 is 4.79 Å². The molecule has 0 unspecified atom stereocenters. The average molecular weight is 423 g/mol. The van der Waals surface area contributed by atoms with Gasteiger partial charge in [0.25, 0.3) is 5.91 Å². The van der Waals surface area contributed by atoms with Crippen molar-refractivity contribution in [1.82, 2.24) is 25.6 Å². The maximum atomic E-state index is 12.1. The molecule has 0 aliphatic carbocycles. The van der Waals surface area contributed by atoms with Crippen molar-refractivity contribution in [1.29, 1.82) is 0 Å². The van der Waals surface area contributed by atoms with Crippen molar-refractivity contribution in [3.8, 4) is 5.69 Å². The molecule has 4 rings (SSSR count). The Kier molecular flexibility index (Phi) is 5.83. The minimum atomic E-state index is -0.263. The molecule has 0 aliphatic rings.